The van der Waals surface area contributed by atoms with Crippen molar-refractivity contribution in [2.45, 2.75) is 57.9 Å². The van der Waals surface area contributed by atoms with E-state index < -0.39 is 10.0 Å². The van der Waals surface area contributed by atoms with Crippen LogP contribution >= 0.6 is 0 Å². The molecule has 2 aliphatic rings. The van der Waals surface area contributed by atoms with E-state index >= 15 is 0 Å². The zero-order valence-corrected chi connectivity index (χ0v) is 14.0. The molecular weight excluding hydrogens is 272 g/mol. The van der Waals surface area contributed by atoms with Gasteiger partial charge in [0.15, 0.2) is 0 Å². The Morgan fingerprint density at radius 3 is 2.60 bits per heavy atom. The van der Waals surface area contributed by atoms with Crippen LogP contribution in [0.15, 0.2) is 0 Å². The maximum absolute atomic E-state index is 11.7. The van der Waals surface area contributed by atoms with E-state index in [1.54, 1.807) is 4.31 Å². The monoisotopic (exact) mass is 302 g/mol. The molecule has 4 atom stereocenters. The number of hydrogen-bond acceptors (Lipinski definition) is 3. The van der Waals surface area contributed by atoms with E-state index in [1.807, 2.05) is 0 Å². The summed E-state index contributed by atoms with van der Waals surface area (Å²) in [4.78, 5) is 0. The Balaban J connectivity index is 2.02. The molecule has 0 spiro atoms. The lowest BCUT2D eigenvalue weighted by Gasteiger charge is -2.46. The van der Waals surface area contributed by atoms with Gasteiger partial charge in [-0.2, -0.15) is 0 Å². The third kappa shape index (κ3) is 3.55. The van der Waals surface area contributed by atoms with Crippen molar-refractivity contribution in [2.24, 2.45) is 23.5 Å². The predicted molar refractivity (Wildman–Crippen MR) is 82.9 cm³/mol. The molecule has 1 saturated heterocycles. The molecule has 0 aromatic rings. The molecule has 1 aliphatic heterocycles. The predicted octanol–water partition coefficient (Wildman–Crippen LogP) is 2.20. The Labute approximate surface area is 124 Å². The molecule has 20 heavy (non-hydrogen) atoms. The quantitative estimate of drug-likeness (QED) is 0.869. The van der Waals surface area contributed by atoms with Crippen LogP contribution in [0.3, 0.4) is 0 Å². The zero-order chi connectivity index (χ0) is 15.0. The van der Waals surface area contributed by atoms with Gasteiger partial charge in [-0.25, -0.2) is 12.7 Å². The Morgan fingerprint density at radius 1 is 1.25 bits per heavy atom. The minimum absolute atomic E-state index is 0.0944. The number of sulfonamides is 1. The van der Waals surface area contributed by atoms with Crippen LogP contribution in [0.25, 0.3) is 0 Å². The van der Waals surface area contributed by atoms with Gasteiger partial charge in [0.2, 0.25) is 10.0 Å². The fourth-order valence-electron chi connectivity index (χ4n) is 4.12. The highest BCUT2D eigenvalue weighted by Gasteiger charge is 2.40. The maximum Gasteiger partial charge on any atom is 0.211 e. The molecule has 4 unspecified atom stereocenters. The largest absolute Gasteiger partial charge is 0.325 e. The van der Waals surface area contributed by atoms with Crippen molar-refractivity contribution < 1.29 is 8.42 Å². The molecule has 1 aliphatic carbocycles. The van der Waals surface area contributed by atoms with Gasteiger partial charge < -0.3 is 5.73 Å². The van der Waals surface area contributed by atoms with Crippen molar-refractivity contribution in [2.75, 3.05) is 19.3 Å². The van der Waals surface area contributed by atoms with Crippen LogP contribution in [0.2, 0.25) is 0 Å². The molecule has 0 bridgehead atoms. The molecule has 0 radical (unpaired) electrons. The van der Waals surface area contributed by atoms with Gasteiger partial charge in [-0.3, -0.25) is 0 Å². The fourth-order valence-corrected chi connectivity index (χ4v) is 5.06. The zero-order valence-electron chi connectivity index (χ0n) is 13.1. The summed E-state index contributed by atoms with van der Waals surface area (Å²) in [6, 6.07) is 0. The minimum atomic E-state index is -3.05. The lowest BCUT2D eigenvalue weighted by atomic mass is 9.65. The third-order valence-corrected chi connectivity index (χ3v) is 6.95. The lowest BCUT2D eigenvalue weighted by Crippen LogP contribution is -2.53. The highest BCUT2D eigenvalue weighted by molar-refractivity contribution is 7.88. The van der Waals surface area contributed by atoms with Gasteiger partial charge in [-0.05, 0) is 43.4 Å². The summed E-state index contributed by atoms with van der Waals surface area (Å²) < 4.78 is 25.1. The molecular formula is C15H30N2O2S. The van der Waals surface area contributed by atoms with Crippen molar-refractivity contribution in [3.63, 3.8) is 0 Å². The normalized spacial score (nSPS) is 40.7. The second-order valence-electron chi connectivity index (χ2n) is 7.22. The first-order valence-electron chi connectivity index (χ1n) is 7.96. The van der Waals surface area contributed by atoms with Crippen molar-refractivity contribution in [1.82, 2.24) is 4.31 Å². The molecule has 1 saturated carbocycles. The van der Waals surface area contributed by atoms with Crippen molar-refractivity contribution in [1.29, 1.82) is 0 Å². The number of nitrogens with two attached hydrogens (primary N) is 1. The molecule has 0 amide bonds. The average Bonchev–Trinajstić information content (AvgIpc) is 2.35. The number of nitrogens with zero attached hydrogens (tertiary/aromatic N) is 1. The molecule has 2 fully saturated rings. The Morgan fingerprint density at radius 2 is 1.95 bits per heavy atom. The van der Waals surface area contributed by atoms with Crippen molar-refractivity contribution >= 4 is 10.0 Å². The van der Waals surface area contributed by atoms with E-state index in [1.165, 1.54) is 19.1 Å². The second-order valence-corrected chi connectivity index (χ2v) is 9.21. The Kier molecular flexibility index (Phi) is 4.82. The van der Waals surface area contributed by atoms with Crippen LogP contribution in [0.5, 0.6) is 0 Å². The number of rotatable bonds is 3. The van der Waals surface area contributed by atoms with E-state index in [4.69, 9.17) is 5.73 Å². The summed E-state index contributed by atoms with van der Waals surface area (Å²) in [5.74, 6) is 1.64. The SMILES string of the molecule is CC1CCCC(N)(CC2CCCN(S(C)(=O)=O)C2)C1C. The van der Waals surface area contributed by atoms with Crippen LogP contribution in [-0.2, 0) is 10.0 Å². The molecule has 0 aromatic heterocycles. The van der Waals surface area contributed by atoms with Crippen LogP contribution in [0, 0.1) is 17.8 Å². The van der Waals surface area contributed by atoms with Gasteiger partial charge in [-0.1, -0.05) is 26.7 Å². The first kappa shape index (κ1) is 16.2. The van der Waals surface area contributed by atoms with Gasteiger partial charge in [0.25, 0.3) is 0 Å². The molecule has 1 heterocycles. The van der Waals surface area contributed by atoms with Gasteiger partial charge in [-0.15, -0.1) is 0 Å². The Hall–Kier alpha value is -0.130. The maximum atomic E-state index is 11.7. The molecule has 2 N–H and O–H groups in total. The molecule has 2 rings (SSSR count). The van der Waals surface area contributed by atoms with Crippen LogP contribution in [0.1, 0.15) is 52.4 Å². The number of hydrogen-bond donors (Lipinski definition) is 1. The smallest absolute Gasteiger partial charge is 0.211 e. The summed E-state index contributed by atoms with van der Waals surface area (Å²) in [5.41, 5.74) is 6.62. The topological polar surface area (TPSA) is 63.4 Å². The standard InChI is InChI=1S/C15H30N2O2S/c1-12-6-4-8-15(16,13(12)2)10-14-7-5-9-17(11-14)20(3,18)19/h12-14H,4-11,16H2,1-3H3. The Bertz CT molecular complexity index is 437. The van der Waals surface area contributed by atoms with Gasteiger partial charge >= 0.3 is 0 Å². The molecule has 4 nitrogen and oxygen atoms in total. The molecule has 5 heteroatoms. The first-order valence-corrected chi connectivity index (χ1v) is 9.81. The second kappa shape index (κ2) is 5.93. The molecule has 0 aromatic carbocycles. The molecule has 118 valence electrons. The van der Waals surface area contributed by atoms with E-state index in [2.05, 4.69) is 13.8 Å². The summed E-state index contributed by atoms with van der Waals surface area (Å²) in [7, 11) is -3.05. The summed E-state index contributed by atoms with van der Waals surface area (Å²) >= 11 is 0. The summed E-state index contributed by atoms with van der Waals surface area (Å²) in [5, 5.41) is 0. The van der Waals surface area contributed by atoms with Crippen molar-refractivity contribution in [3.05, 3.63) is 0 Å². The van der Waals surface area contributed by atoms with Gasteiger partial charge in [0.05, 0.1) is 6.26 Å². The first-order chi connectivity index (χ1) is 9.22. The summed E-state index contributed by atoms with van der Waals surface area (Å²) in [6.45, 7) is 5.92. The van der Waals surface area contributed by atoms with Gasteiger partial charge in [0.1, 0.15) is 0 Å². The van der Waals surface area contributed by atoms with E-state index in [0.29, 0.717) is 30.8 Å². The third-order valence-electron chi connectivity index (χ3n) is 5.68. The number of piperidine rings is 1. The highest BCUT2D eigenvalue weighted by atomic mass is 32.2. The minimum Gasteiger partial charge on any atom is -0.325 e. The van der Waals surface area contributed by atoms with Crippen molar-refractivity contribution in [3.8, 4) is 0 Å². The van der Waals surface area contributed by atoms with Crippen LogP contribution < -0.4 is 5.73 Å². The van der Waals surface area contributed by atoms with E-state index in [0.717, 1.165) is 25.7 Å². The fraction of sp³-hybridized carbons (Fsp3) is 1.00. The average molecular weight is 302 g/mol. The van der Waals surface area contributed by atoms with E-state index in [9.17, 15) is 8.42 Å². The van der Waals surface area contributed by atoms with Crippen LogP contribution in [0.4, 0.5) is 0 Å². The van der Waals surface area contributed by atoms with Crippen LogP contribution in [-0.4, -0.2) is 37.6 Å². The lowest BCUT2D eigenvalue weighted by molar-refractivity contribution is 0.101. The van der Waals surface area contributed by atoms with E-state index in [-0.39, 0.29) is 5.54 Å². The summed E-state index contributed by atoms with van der Waals surface area (Å²) in [6.07, 6.45) is 7.96. The van der Waals surface area contributed by atoms with Gasteiger partial charge in [0, 0.05) is 18.6 Å². The highest BCUT2D eigenvalue weighted by Crippen LogP contribution is 2.41.